The number of Topliss-reactive ketones (excluding diaryl/α,β-unsaturated/α-hetero) is 1. The minimum absolute atomic E-state index is 0.0145. The Balaban J connectivity index is 2.84. The van der Waals surface area contributed by atoms with Crippen molar-refractivity contribution in [3.05, 3.63) is 29.8 Å². The third-order valence-corrected chi connectivity index (χ3v) is 2.36. The molecule has 4 heteroatoms. The molecule has 0 saturated carbocycles. The summed E-state index contributed by atoms with van der Waals surface area (Å²) >= 11 is 0. The van der Waals surface area contributed by atoms with Crippen molar-refractivity contribution in [3.63, 3.8) is 0 Å². The van der Waals surface area contributed by atoms with Crippen LogP contribution < -0.4 is 11.1 Å². The summed E-state index contributed by atoms with van der Waals surface area (Å²) in [6.45, 7) is 4.91. The van der Waals surface area contributed by atoms with E-state index in [0.717, 1.165) is 5.69 Å². The van der Waals surface area contributed by atoms with E-state index in [1.54, 1.807) is 38.1 Å². The van der Waals surface area contributed by atoms with Gasteiger partial charge in [-0.1, -0.05) is 0 Å². The van der Waals surface area contributed by atoms with Crippen LogP contribution in [-0.4, -0.2) is 17.2 Å². The van der Waals surface area contributed by atoms with Gasteiger partial charge in [0.15, 0.2) is 5.78 Å². The average molecular weight is 220 g/mol. The number of hydrogen-bond acceptors (Lipinski definition) is 3. The van der Waals surface area contributed by atoms with E-state index in [2.05, 4.69) is 5.32 Å². The van der Waals surface area contributed by atoms with Gasteiger partial charge in [0.05, 0.1) is 0 Å². The van der Waals surface area contributed by atoms with E-state index in [9.17, 15) is 9.59 Å². The normalized spacial score (nSPS) is 10.9. The molecule has 0 radical (unpaired) electrons. The fourth-order valence-electron chi connectivity index (χ4n) is 1.21. The second-order valence-corrected chi connectivity index (χ2v) is 4.25. The first-order valence-corrected chi connectivity index (χ1v) is 5.02. The minimum Gasteiger partial charge on any atom is -0.372 e. The lowest BCUT2D eigenvalue weighted by Crippen LogP contribution is -2.44. The van der Waals surface area contributed by atoms with Crippen LogP contribution in [0.2, 0.25) is 0 Å². The fourth-order valence-corrected chi connectivity index (χ4v) is 1.21. The highest BCUT2D eigenvalue weighted by Crippen LogP contribution is 2.15. The Morgan fingerprint density at radius 1 is 1.19 bits per heavy atom. The van der Waals surface area contributed by atoms with Gasteiger partial charge < -0.3 is 11.1 Å². The van der Waals surface area contributed by atoms with Crippen molar-refractivity contribution in [2.45, 2.75) is 26.3 Å². The van der Waals surface area contributed by atoms with Crippen molar-refractivity contribution in [3.8, 4) is 0 Å². The zero-order chi connectivity index (χ0) is 12.3. The molecule has 3 N–H and O–H groups in total. The predicted octanol–water partition coefficient (Wildman–Crippen LogP) is 1.56. The van der Waals surface area contributed by atoms with E-state index in [0.29, 0.717) is 5.56 Å². The van der Waals surface area contributed by atoms with Crippen LogP contribution in [-0.2, 0) is 4.79 Å². The lowest BCUT2D eigenvalue weighted by molar-refractivity contribution is -0.121. The van der Waals surface area contributed by atoms with Crippen molar-refractivity contribution in [2.75, 3.05) is 5.32 Å². The van der Waals surface area contributed by atoms with Crippen LogP contribution in [0.15, 0.2) is 24.3 Å². The Morgan fingerprint density at radius 3 is 2.06 bits per heavy atom. The van der Waals surface area contributed by atoms with Crippen molar-refractivity contribution >= 4 is 17.4 Å². The maximum atomic E-state index is 11.1. The monoisotopic (exact) mass is 220 g/mol. The second kappa shape index (κ2) is 4.35. The van der Waals surface area contributed by atoms with Crippen LogP contribution >= 0.6 is 0 Å². The standard InChI is InChI=1S/C12H16N2O2/c1-8(15)9-4-6-10(7-5-9)14-12(2,3)11(13)16/h4-7,14H,1-3H3,(H2,13,16). The van der Waals surface area contributed by atoms with Gasteiger partial charge >= 0.3 is 0 Å². The number of ketones is 1. The molecule has 0 fully saturated rings. The van der Waals surface area contributed by atoms with Crippen LogP contribution in [0.4, 0.5) is 5.69 Å². The molecule has 0 saturated heterocycles. The Kier molecular flexibility index (Phi) is 3.32. The first-order chi connectivity index (χ1) is 7.33. The van der Waals surface area contributed by atoms with Crippen LogP contribution in [0.1, 0.15) is 31.1 Å². The molecule has 0 aliphatic rings. The average Bonchev–Trinajstić information content (AvgIpc) is 2.17. The molecule has 1 rings (SSSR count). The highest BCUT2D eigenvalue weighted by molar-refractivity contribution is 5.94. The zero-order valence-corrected chi connectivity index (χ0v) is 9.70. The molecule has 86 valence electrons. The van der Waals surface area contributed by atoms with E-state index in [1.165, 1.54) is 6.92 Å². The Morgan fingerprint density at radius 2 is 1.69 bits per heavy atom. The maximum absolute atomic E-state index is 11.1. The molecule has 1 aromatic carbocycles. The molecule has 4 nitrogen and oxygen atoms in total. The van der Waals surface area contributed by atoms with Gasteiger partial charge in [-0.2, -0.15) is 0 Å². The summed E-state index contributed by atoms with van der Waals surface area (Å²) in [7, 11) is 0. The summed E-state index contributed by atoms with van der Waals surface area (Å²) in [6, 6.07) is 6.92. The number of primary amides is 1. The number of rotatable bonds is 4. The summed E-state index contributed by atoms with van der Waals surface area (Å²) < 4.78 is 0. The number of amides is 1. The van der Waals surface area contributed by atoms with Gasteiger partial charge in [0.25, 0.3) is 0 Å². The molecule has 0 heterocycles. The lowest BCUT2D eigenvalue weighted by atomic mass is 10.0. The third-order valence-electron chi connectivity index (χ3n) is 2.36. The summed E-state index contributed by atoms with van der Waals surface area (Å²) in [4.78, 5) is 22.2. The lowest BCUT2D eigenvalue weighted by Gasteiger charge is -2.23. The summed E-state index contributed by atoms with van der Waals surface area (Å²) in [5.41, 5.74) is 5.83. The number of hydrogen-bond donors (Lipinski definition) is 2. The first-order valence-electron chi connectivity index (χ1n) is 5.02. The molecule has 1 aromatic rings. The van der Waals surface area contributed by atoms with Gasteiger partial charge in [0.2, 0.25) is 5.91 Å². The highest BCUT2D eigenvalue weighted by Gasteiger charge is 2.24. The number of nitrogens with two attached hydrogens (primary N) is 1. The fraction of sp³-hybridized carbons (Fsp3) is 0.333. The molecule has 0 atom stereocenters. The number of anilines is 1. The number of carbonyl (C=O) groups excluding carboxylic acids is 2. The molecule has 0 spiro atoms. The number of nitrogens with one attached hydrogen (secondary N) is 1. The predicted molar refractivity (Wildman–Crippen MR) is 63.3 cm³/mol. The van der Waals surface area contributed by atoms with Crippen molar-refractivity contribution in [2.24, 2.45) is 5.73 Å². The van der Waals surface area contributed by atoms with E-state index in [4.69, 9.17) is 5.73 Å². The van der Waals surface area contributed by atoms with Crippen molar-refractivity contribution < 1.29 is 9.59 Å². The van der Waals surface area contributed by atoms with E-state index in [1.807, 2.05) is 0 Å². The summed E-state index contributed by atoms with van der Waals surface area (Å²) in [6.07, 6.45) is 0. The second-order valence-electron chi connectivity index (χ2n) is 4.25. The van der Waals surface area contributed by atoms with Gasteiger partial charge in [-0.25, -0.2) is 0 Å². The Hall–Kier alpha value is -1.84. The molecule has 0 unspecified atom stereocenters. The third kappa shape index (κ3) is 2.82. The first kappa shape index (κ1) is 12.2. The zero-order valence-electron chi connectivity index (χ0n) is 9.70. The van der Waals surface area contributed by atoms with E-state index in [-0.39, 0.29) is 5.78 Å². The molecule has 0 aliphatic carbocycles. The number of benzene rings is 1. The van der Waals surface area contributed by atoms with Crippen LogP contribution in [0, 0.1) is 0 Å². The maximum Gasteiger partial charge on any atom is 0.242 e. The topological polar surface area (TPSA) is 72.2 Å². The van der Waals surface area contributed by atoms with Crippen LogP contribution in [0.25, 0.3) is 0 Å². The van der Waals surface area contributed by atoms with E-state index >= 15 is 0 Å². The minimum atomic E-state index is -0.808. The van der Waals surface area contributed by atoms with Gasteiger partial charge in [-0.05, 0) is 45.0 Å². The van der Waals surface area contributed by atoms with Gasteiger partial charge in [0, 0.05) is 11.3 Å². The molecular formula is C12H16N2O2. The molecule has 0 bridgehead atoms. The largest absolute Gasteiger partial charge is 0.372 e. The van der Waals surface area contributed by atoms with Crippen LogP contribution in [0.5, 0.6) is 0 Å². The molecule has 1 amide bonds. The number of carbonyl (C=O) groups is 2. The van der Waals surface area contributed by atoms with Gasteiger partial charge in [-0.3, -0.25) is 9.59 Å². The van der Waals surface area contributed by atoms with E-state index < -0.39 is 11.4 Å². The molecule has 0 aliphatic heterocycles. The molecule has 0 aromatic heterocycles. The van der Waals surface area contributed by atoms with Gasteiger partial charge in [0.1, 0.15) is 5.54 Å². The quantitative estimate of drug-likeness (QED) is 0.756. The Bertz CT molecular complexity index is 408. The molecular weight excluding hydrogens is 204 g/mol. The highest BCUT2D eigenvalue weighted by atomic mass is 16.1. The summed E-state index contributed by atoms with van der Waals surface area (Å²) in [5, 5.41) is 3.00. The smallest absolute Gasteiger partial charge is 0.242 e. The van der Waals surface area contributed by atoms with Crippen molar-refractivity contribution in [1.82, 2.24) is 0 Å². The van der Waals surface area contributed by atoms with Crippen LogP contribution in [0.3, 0.4) is 0 Å². The molecule has 16 heavy (non-hydrogen) atoms. The van der Waals surface area contributed by atoms with Crippen molar-refractivity contribution in [1.29, 1.82) is 0 Å². The SMILES string of the molecule is CC(=O)c1ccc(NC(C)(C)C(N)=O)cc1. The van der Waals surface area contributed by atoms with Gasteiger partial charge in [-0.15, -0.1) is 0 Å². The summed E-state index contributed by atoms with van der Waals surface area (Å²) in [5.74, 6) is -0.413. The Labute approximate surface area is 94.8 Å².